The van der Waals surface area contributed by atoms with Crippen molar-refractivity contribution in [1.82, 2.24) is 9.88 Å². The van der Waals surface area contributed by atoms with E-state index >= 15 is 0 Å². The second-order valence-corrected chi connectivity index (χ2v) is 9.78. The Kier molecular flexibility index (Phi) is 9.91. The van der Waals surface area contributed by atoms with Crippen LogP contribution in [0.15, 0.2) is 47.4 Å². The molecule has 4 nitrogen and oxygen atoms in total. The van der Waals surface area contributed by atoms with Crippen LogP contribution in [0.5, 0.6) is 0 Å². The number of aryl methyl sites for hydroxylation is 1. The maximum absolute atomic E-state index is 13.0. The summed E-state index contributed by atoms with van der Waals surface area (Å²) in [4.78, 5) is 22.8. The minimum absolute atomic E-state index is 0. The number of hydrogen-bond acceptors (Lipinski definition) is 5. The van der Waals surface area contributed by atoms with Gasteiger partial charge in [-0.2, -0.15) is 0 Å². The van der Waals surface area contributed by atoms with Crippen LogP contribution in [-0.4, -0.2) is 48.7 Å². The van der Waals surface area contributed by atoms with Crippen molar-refractivity contribution in [2.45, 2.75) is 24.7 Å². The molecule has 1 amide bonds. The fourth-order valence-electron chi connectivity index (χ4n) is 2.83. The van der Waals surface area contributed by atoms with E-state index in [1.54, 1.807) is 11.8 Å². The van der Waals surface area contributed by atoms with Crippen LogP contribution in [0.3, 0.4) is 0 Å². The quantitative estimate of drug-likeness (QED) is 0.270. The Morgan fingerprint density at radius 1 is 1.13 bits per heavy atom. The summed E-state index contributed by atoms with van der Waals surface area (Å²) in [6.07, 6.45) is 1.34. The molecule has 0 atom stereocenters. The number of halogens is 2. The lowest BCUT2D eigenvalue weighted by molar-refractivity contribution is -0.118. The summed E-state index contributed by atoms with van der Waals surface area (Å²) in [6.45, 7) is 3.49. The minimum Gasteiger partial charge on any atom is -0.308 e. The van der Waals surface area contributed by atoms with Crippen LogP contribution >= 0.6 is 47.1 Å². The molecule has 1 aromatic heterocycles. The minimum atomic E-state index is 0. The van der Waals surface area contributed by atoms with Crippen molar-refractivity contribution in [2.75, 3.05) is 37.8 Å². The Hall–Kier alpha value is -1.31. The zero-order valence-corrected chi connectivity index (χ0v) is 20.6. The lowest BCUT2D eigenvalue weighted by atomic mass is 10.2. The lowest BCUT2D eigenvalue weighted by Gasteiger charge is -2.22. The number of amides is 1. The Morgan fingerprint density at radius 3 is 2.53 bits per heavy atom. The Labute approximate surface area is 198 Å². The molecule has 0 saturated carbocycles. The summed E-state index contributed by atoms with van der Waals surface area (Å²) in [5.41, 5.74) is 2.03. The molecule has 0 N–H and O–H groups in total. The second-order valence-electron chi connectivity index (χ2n) is 7.20. The maximum Gasteiger partial charge on any atom is 0.228 e. The maximum atomic E-state index is 13.0. The van der Waals surface area contributed by atoms with Gasteiger partial charge < -0.3 is 4.90 Å². The molecule has 0 unspecified atom stereocenters. The third-order valence-corrected chi connectivity index (χ3v) is 6.93. The molecule has 0 aliphatic rings. The summed E-state index contributed by atoms with van der Waals surface area (Å²) in [7, 11) is 4.02. The van der Waals surface area contributed by atoms with Crippen molar-refractivity contribution < 1.29 is 4.79 Å². The largest absolute Gasteiger partial charge is 0.308 e. The van der Waals surface area contributed by atoms with E-state index in [1.165, 1.54) is 21.8 Å². The molecule has 0 fully saturated rings. The van der Waals surface area contributed by atoms with Crippen molar-refractivity contribution >= 4 is 68.4 Å². The van der Waals surface area contributed by atoms with Gasteiger partial charge in [-0.3, -0.25) is 9.69 Å². The molecular formula is C22H27Cl2N3OS2. The van der Waals surface area contributed by atoms with Gasteiger partial charge in [-0.1, -0.05) is 46.7 Å². The number of thioether (sulfide) groups is 1. The number of hydrogen-bond donors (Lipinski definition) is 0. The molecule has 0 aliphatic carbocycles. The molecule has 0 bridgehead atoms. The summed E-state index contributed by atoms with van der Waals surface area (Å²) < 4.78 is 1.00. The van der Waals surface area contributed by atoms with Crippen molar-refractivity contribution in [3.8, 4) is 0 Å². The molecule has 0 spiro atoms. The van der Waals surface area contributed by atoms with E-state index in [9.17, 15) is 4.79 Å². The summed E-state index contributed by atoms with van der Waals surface area (Å²) in [5.74, 6) is 1.04. The van der Waals surface area contributed by atoms with Gasteiger partial charge in [0, 0.05) is 24.4 Å². The first-order valence-electron chi connectivity index (χ1n) is 9.63. The molecule has 8 heteroatoms. The van der Waals surface area contributed by atoms with Crippen LogP contribution in [-0.2, 0) is 4.79 Å². The SMILES string of the molecule is Cc1ccc(SCCCC(=O)N(CCN(C)C)c2nc3c(Cl)cccc3s2)cc1.Cl. The predicted molar refractivity (Wildman–Crippen MR) is 134 cm³/mol. The van der Waals surface area contributed by atoms with Crippen LogP contribution in [0.4, 0.5) is 5.13 Å². The Bertz CT molecular complexity index is 961. The predicted octanol–water partition coefficient (Wildman–Crippen LogP) is 6.15. The van der Waals surface area contributed by atoms with E-state index < -0.39 is 0 Å². The Morgan fingerprint density at radius 2 is 1.87 bits per heavy atom. The van der Waals surface area contributed by atoms with Crippen molar-refractivity contribution in [3.05, 3.63) is 53.1 Å². The van der Waals surface area contributed by atoms with E-state index in [4.69, 9.17) is 11.6 Å². The number of anilines is 1. The zero-order chi connectivity index (χ0) is 20.8. The first-order valence-corrected chi connectivity index (χ1v) is 11.8. The number of carbonyl (C=O) groups is 1. The van der Waals surface area contributed by atoms with Crippen LogP contribution in [0.25, 0.3) is 10.2 Å². The molecule has 3 rings (SSSR count). The third kappa shape index (κ3) is 6.86. The van der Waals surface area contributed by atoms with Crippen molar-refractivity contribution in [1.29, 1.82) is 0 Å². The van der Waals surface area contributed by atoms with E-state index in [0.717, 1.165) is 34.1 Å². The van der Waals surface area contributed by atoms with Gasteiger partial charge in [-0.25, -0.2) is 4.98 Å². The number of nitrogens with zero attached hydrogens (tertiary/aromatic N) is 3. The van der Waals surface area contributed by atoms with Gasteiger partial charge in [0.15, 0.2) is 5.13 Å². The normalized spacial score (nSPS) is 11.0. The average molecular weight is 485 g/mol. The lowest BCUT2D eigenvalue weighted by Crippen LogP contribution is -2.36. The first-order chi connectivity index (χ1) is 13.9. The smallest absolute Gasteiger partial charge is 0.228 e. The second kappa shape index (κ2) is 11.9. The van der Waals surface area contributed by atoms with E-state index in [0.29, 0.717) is 18.0 Å². The van der Waals surface area contributed by atoms with Crippen molar-refractivity contribution in [3.63, 3.8) is 0 Å². The summed E-state index contributed by atoms with van der Waals surface area (Å²) >= 11 is 9.60. The Balaban J connectivity index is 0.00000320. The van der Waals surface area contributed by atoms with Gasteiger partial charge in [0.25, 0.3) is 0 Å². The molecule has 2 aromatic carbocycles. The molecule has 0 aliphatic heterocycles. The highest BCUT2D eigenvalue weighted by Crippen LogP contribution is 2.33. The van der Waals surface area contributed by atoms with Gasteiger partial charge in [0.2, 0.25) is 5.91 Å². The van der Waals surface area contributed by atoms with E-state index in [-0.39, 0.29) is 18.3 Å². The van der Waals surface area contributed by atoms with Crippen LogP contribution in [0, 0.1) is 6.92 Å². The number of thiazole rings is 1. The number of rotatable bonds is 9. The highest BCUT2D eigenvalue weighted by molar-refractivity contribution is 7.99. The molecule has 0 radical (unpaired) electrons. The highest BCUT2D eigenvalue weighted by atomic mass is 35.5. The van der Waals surface area contributed by atoms with Crippen molar-refractivity contribution in [2.24, 2.45) is 0 Å². The number of likely N-dealkylation sites (N-methyl/N-ethyl adjacent to an activating group) is 1. The molecule has 0 saturated heterocycles. The number of benzene rings is 2. The molecule has 162 valence electrons. The fraction of sp³-hybridized carbons (Fsp3) is 0.364. The van der Waals surface area contributed by atoms with E-state index in [1.807, 2.05) is 37.2 Å². The average Bonchev–Trinajstić information content (AvgIpc) is 3.12. The molecule has 30 heavy (non-hydrogen) atoms. The number of para-hydroxylation sites is 1. The number of carbonyl (C=O) groups excluding carboxylic acids is 1. The monoisotopic (exact) mass is 483 g/mol. The van der Waals surface area contributed by atoms with Gasteiger partial charge in [-0.05, 0) is 57.5 Å². The van der Waals surface area contributed by atoms with Gasteiger partial charge >= 0.3 is 0 Å². The highest BCUT2D eigenvalue weighted by Gasteiger charge is 2.20. The topological polar surface area (TPSA) is 36.4 Å². The third-order valence-electron chi connectivity index (χ3n) is 4.49. The first kappa shape index (κ1) is 25.0. The fourth-order valence-corrected chi connectivity index (χ4v) is 4.99. The van der Waals surface area contributed by atoms with E-state index in [2.05, 4.69) is 41.1 Å². The summed E-state index contributed by atoms with van der Waals surface area (Å²) in [6, 6.07) is 14.3. The molecular weight excluding hydrogens is 457 g/mol. The summed E-state index contributed by atoms with van der Waals surface area (Å²) in [5, 5.41) is 1.35. The van der Waals surface area contributed by atoms with Crippen LogP contribution < -0.4 is 4.90 Å². The molecule has 3 aromatic rings. The van der Waals surface area contributed by atoms with Crippen LogP contribution in [0.1, 0.15) is 18.4 Å². The van der Waals surface area contributed by atoms with Gasteiger partial charge in [0.05, 0.1) is 9.72 Å². The molecule has 1 heterocycles. The van der Waals surface area contributed by atoms with Gasteiger partial charge in [-0.15, -0.1) is 24.2 Å². The standard InChI is InChI=1S/C22H26ClN3OS2.ClH/c1-16-9-11-17(12-10-16)28-15-5-8-20(27)26(14-13-25(2)3)22-24-21-18(23)6-4-7-19(21)29-22;/h4,6-7,9-12H,5,8,13-15H2,1-3H3;1H. The van der Waals surface area contributed by atoms with Crippen LogP contribution in [0.2, 0.25) is 5.02 Å². The number of fused-ring (bicyclic) bond motifs is 1. The number of aromatic nitrogens is 1. The zero-order valence-electron chi connectivity index (χ0n) is 17.4. The van der Waals surface area contributed by atoms with Gasteiger partial charge in [0.1, 0.15) is 5.52 Å².